The van der Waals surface area contributed by atoms with Crippen molar-refractivity contribution in [2.24, 2.45) is 4.99 Å². The molecule has 0 aliphatic carbocycles. The zero-order valence-corrected chi connectivity index (χ0v) is 15.7. The van der Waals surface area contributed by atoms with E-state index >= 15 is 0 Å². The topological polar surface area (TPSA) is 40.0 Å². The summed E-state index contributed by atoms with van der Waals surface area (Å²) < 4.78 is 17.4. The van der Waals surface area contributed by atoms with Gasteiger partial charge in [0, 0.05) is 12.0 Å². The number of halogens is 1. The number of para-hydroxylation sites is 1. The van der Waals surface area contributed by atoms with E-state index in [1.807, 2.05) is 48.5 Å². The van der Waals surface area contributed by atoms with Crippen molar-refractivity contribution in [1.82, 2.24) is 0 Å². The van der Waals surface area contributed by atoms with Gasteiger partial charge in [0.25, 0.3) is 0 Å². The summed E-state index contributed by atoms with van der Waals surface area (Å²) in [5, 5.41) is 0. The summed E-state index contributed by atoms with van der Waals surface area (Å²) >= 11 is 3.57. The highest BCUT2D eigenvalue weighted by Crippen LogP contribution is 2.41. The Bertz CT molecular complexity index is 857. The van der Waals surface area contributed by atoms with E-state index in [-0.39, 0.29) is 0 Å². The molecule has 0 fully saturated rings. The van der Waals surface area contributed by atoms with Gasteiger partial charge in [-0.05, 0) is 46.3 Å². The minimum atomic E-state index is 0.544. The van der Waals surface area contributed by atoms with Crippen molar-refractivity contribution in [2.75, 3.05) is 14.2 Å². The Morgan fingerprint density at radius 2 is 1.84 bits per heavy atom. The zero-order chi connectivity index (χ0) is 17.8. The Hall–Kier alpha value is -2.53. The third-order valence-corrected chi connectivity index (χ3v) is 4.59. The molecular formula is C20H18BrNO3. The first-order valence-electron chi connectivity index (χ1n) is 7.74. The summed E-state index contributed by atoms with van der Waals surface area (Å²) in [6.07, 6.45) is 2.63. The van der Waals surface area contributed by atoms with Crippen LogP contribution in [0.15, 0.2) is 70.3 Å². The number of nitrogens with zero attached hydrogens (tertiary/aromatic N) is 1. The molecule has 0 aromatic heterocycles. The highest BCUT2D eigenvalue weighted by atomic mass is 79.9. The summed E-state index contributed by atoms with van der Waals surface area (Å²) in [7, 11) is 3.21. The molecule has 0 amide bonds. The molecule has 0 N–H and O–H groups in total. The lowest BCUT2D eigenvalue weighted by atomic mass is 10.1. The number of allylic oxidation sites excluding steroid dienone is 2. The van der Waals surface area contributed by atoms with Crippen molar-refractivity contribution in [2.45, 2.75) is 6.42 Å². The summed E-state index contributed by atoms with van der Waals surface area (Å²) in [6, 6.07) is 13.5. The van der Waals surface area contributed by atoms with E-state index in [9.17, 15) is 0 Å². The van der Waals surface area contributed by atoms with E-state index in [0.29, 0.717) is 29.4 Å². The molecule has 0 spiro atoms. The molecule has 2 aromatic rings. The van der Waals surface area contributed by atoms with Crippen LogP contribution in [0.3, 0.4) is 0 Å². The van der Waals surface area contributed by atoms with Gasteiger partial charge in [-0.2, -0.15) is 0 Å². The van der Waals surface area contributed by atoms with Gasteiger partial charge in [0.15, 0.2) is 11.5 Å². The lowest BCUT2D eigenvalue weighted by molar-refractivity contribution is 0.352. The van der Waals surface area contributed by atoms with Gasteiger partial charge < -0.3 is 14.2 Å². The second-order valence-corrected chi connectivity index (χ2v) is 6.15. The van der Waals surface area contributed by atoms with Gasteiger partial charge in [0.2, 0.25) is 0 Å². The van der Waals surface area contributed by atoms with E-state index < -0.39 is 0 Å². The summed E-state index contributed by atoms with van der Waals surface area (Å²) in [5.41, 5.74) is 2.57. The molecule has 0 saturated heterocycles. The minimum Gasteiger partial charge on any atom is -0.493 e. The second-order valence-electron chi connectivity index (χ2n) is 5.35. The first-order valence-corrected chi connectivity index (χ1v) is 8.54. The molecule has 1 aliphatic rings. The predicted molar refractivity (Wildman–Crippen MR) is 104 cm³/mol. The molecule has 1 heterocycles. The first kappa shape index (κ1) is 17.3. The molecule has 0 saturated carbocycles. The Morgan fingerprint density at radius 3 is 2.48 bits per heavy atom. The standard InChI is InChI=1S/C20H18BrNO3/c1-13-16(22-14-7-5-4-6-8-14)10-12-17(25-13)15-9-11-18(23-2)20(24-3)19(15)21/h4-9,11-12H,1,10H2,2-3H3. The summed E-state index contributed by atoms with van der Waals surface area (Å²) in [4.78, 5) is 4.60. The van der Waals surface area contributed by atoms with Crippen LogP contribution in [0.25, 0.3) is 5.76 Å². The van der Waals surface area contributed by atoms with Crippen LogP contribution in [0.2, 0.25) is 0 Å². The SMILES string of the molecule is C=C1OC(c2ccc(OC)c(OC)c2Br)=CCC1=Nc1ccccc1. The first-order chi connectivity index (χ1) is 12.1. The molecule has 128 valence electrons. The molecule has 3 rings (SSSR count). The van der Waals surface area contributed by atoms with E-state index in [4.69, 9.17) is 14.2 Å². The molecule has 1 aliphatic heterocycles. The summed E-state index contributed by atoms with van der Waals surface area (Å²) in [5.74, 6) is 2.53. The molecule has 0 radical (unpaired) electrons. The van der Waals surface area contributed by atoms with Crippen LogP contribution in [-0.2, 0) is 4.74 Å². The Labute approximate surface area is 155 Å². The van der Waals surface area contributed by atoms with Crippen molar-refractivity contribution in [3.05, 3.63) is 70.9 Å². The maximum Gasteiger partial charge on any atom is 0.175 e. The Morgan fingerprint density at radius 1 is 1.08 bits per heavy atom. The number of ether oxygens (including phenoxy) is 3. The van der Waals surface area contributed by atoms with Crippen LogP contribution in [0.1, 0.15) is 12.0 Å². The lowest BCUT2D eigenvalue weighted by Gasteiger charge is -2.21. The van der Waals surface area contributed by atoms with Crippen molar-refractivity contribution in [3.63, 3.8) is 0 Å². The summed E-state index contributed by atoms with van der Waals surface area (Å²) in [6.45, 7) is 4.01. The fraction of sp³-hybridized carbons (Fsp3) is 0.150. The maximum absolute atomic E-state index is 5.92. The zero-order valence-electron chi connectivity index (χ0n) is 14.1. The quantitative estimate of drug-likeness (QED) is 0.679. The van der Waals surface area contributed by atoms with Crippen molar-refractivity contribution in [3.8, 4) is 11.5 Å². The molecule has 2 aromatic carbocycles. The molecule has 0 unspecified atom stereocenters. The van der Waals surface area contributed by atoms with Gasteiger partial charge in [0.1, 0.15) is 11.5 Å². The van der Waals surface area contributed by atoms with Gasteiger partial charge in [-0.25, -0.2) is 4.99 Å². The van der Waals surface area contributed by atoms with Gasteiger partial charge in [-0.1, -0.05) is 24.8 Å². The number of rotatable bonds is 4. The third kappa shape index (κ3) is 3.61. The van der Waals surface area contributed by atoms with Crippen LogP contribution < -0.4 is 9.47 Å². The fourth-order valence-corrected chi connectivity index (χ4v) is 3.23. The van der Waals surface area contributed by atoms with Crippen LogP contribution in [-0.4, -0.2) is 19.9 Å². The predicted octanol–water partition coefficient (Wildman–Crippen LogP) is 5.51. The van der Waals surface area contributed by atoms with Crippen molar-refractivity contribution < 1.29 is 14.2 Å². The van der Waals surface area contributed by atoms with Gasteiger partial charge in [-0.3, -0.25) is 0 Å². The van der Waals surface area contributed by atoms with E-state index in [2.05, 4.69) is 27.5 Å². The van der Waals surface area contributed by atoms with Crippen molar-refractivity contribution in [1.29, 1.82) is 0 Å². The highest BCUT2D eigenvalue weighted by molar-refractivity contribution is 9.10. The number of aliphatic imine (C=N–C) groups is 1. The average Bonchev–Trinajstić information content (AvgIpc) is 2.64. The largest absolute Gasteiger partial charge is 0.493 e. The van der Waals surface area contributed by atoms with Crippen molar-refractivity contribution >= 4 is 33.1 Å². The molecule has 0 atom stereocenters. The van der Waals surface area contributed by atoms with Crippen LogP contribution in [0.5, 0.6) is 11.5 Å². The Kier molecular flexibility index (Phi) is 5.24. The van der Waals surface area contributed by atoms with Gasteiger partial charge in [0.05, 0.1) is 30.1 Å². The normalized spacial score (nSPS) is 15.6. The highest BCUT2D eigenvalue weighted by Gasteiger charge is 2.21. The average molecular weight is 400 g/mol. The molecular weight excluding hydrogens is 382 g/mol. The smallest absolute Gasteiger partial charge is 0.175 e. The minimum absolute atomic E-state index is 0.544. The molecule has 0 bridgehead atoms. The van der Waals surface area contributed by atoms with Gasteiger partial charge in [-0.15, -0.1) is 0 Å². The molecule has 4 nitrogen and oxygen atoms in total. The van der Waals surface area contributed by atoms with Crippen LogP contribution in [0.4, 0.5) is 5.69 Å². The molecule has 5 heteroatoms. The van der Waals surface area contributed by atoms with Crippen LogP contribution in [0, 0.1) is 0 Å². The van der Waals surface area contributed by atoms with E-state index in [0.717, 1.165) is 21.4 Å². The number of hydrogen-bond acceptors (Lipinski definition) is 4. The fourth-order valence-electron chi connectivity index (χ4n) is 2.55. The third-order valence-electron chi connectivity index (χ3n) is 3.81. The number of hydrogen-bond donors (Lipinski definition) is 0. The Balaban J connectivity index is 1.92. The van der Waals surface area contributed by atoms with E-state index in [1.54, 1.807) is 14.2 Å². The molecule has 25 heavy (non-hydrogen) atoms. The number of methoxy groups -OCH3 is 2. The van der Waals surface area contributed by atoms with Gasteiger partial charge >= 0.3 is 0 Å². The maximum atomic E-state index is 5.92. The van der Waals surface area contributed by atoms with Crippen LogP contribution >= 0.6 is 15.9 Å². The lowest BCUT2D eigenvalue weighted by Crippen LogP contribution is -2.10. The number of benzene rings is 2. The second kappa shape index (κ2) is 7.57. The monoisotopic (exact) mass is 399 g/mol. The van der Waals surface area contributed by atoms with E-state index in [1.165, 1.54) is 0 Å².